The lowest BCUT2D eigenvalue weighted by molar-refractivity contribution is -0.130. The number of hydrogen-bond donors (Lipinski definition) is 0. The highest BCUT2D eigenvalue weighted by Crippen LogP contribution is 2.20. The molecule has 2 aromatic rings. The Kier molecular flexibility index (Phi) is 3.87. The van der Waals surface area contributed by atoms with Crippen LogP contribution in [-0.4, -0.2) is 18.5 Å². The average molecular weight is 295 g/mol. The molecular weight excluding hydrogens is 282 g/mol. The number of furan rings is 1. The van der Waals surface area contributed by atoms with Crippen LogP contribution >= 0.6 is 0 Å². The number of esters is 1. The zero-order chi connectivity index (χ0) is 15.4. The summed E-state index contributed by atoms with van der Waals surface area (Å²) in [5.41, 5.74) is 1.05. The fraction of sp³-hybridized carbons (Fsp3) is 0.0588. The van der Waals surface area contributed by atoms with E-state index in [1.807, 2.05) is 24.3 Å². The van der Waals surface area contributed by atoms with Crippen molar-refractivity contribution in [2.75, 3.05) is 6.61 Å². The van der Waals surface area contributed by atoms with E-state index in [4.69, 9.17) is 13.9 Å². The zero-order valence-corrected chi connectivity index (χ0v) is 11.7. The summed E-state index contributed by atoms with van der Waals surface area (Å²) in [5.74, 6) is 0.825. The Morgan fingerprint density at radius 3 is 2.73 bits per heavy atom. The molecule has 0 amide bonds. The van der Waals surface area contributed by atoms with Gasteiger partial charge in [0.2, 0.25) is 0 Å². The van der Waals surface area contributed by atoms with Crippen molar-refractivity contribution in [3.05, 3.63) is 72.3 Å². The van der Waals surface area contributed by atoms with Crippen molar-refractivity contribution in [1.29, 1.82) is 0 Å². The summed E-state index contributed by atoms with van der Waals surface area (Å²) in [4.78, 5) is 16.0. The lowest BCUT2D eigenvalue weighted by Gasteiger charge is -2.02. The quantitative estimate of drug-likeness (QED) is 0.483. The van der Waals surface area contributed by atoms with E-state index in [2.05, 4.69) is 11.6 Å². The molecular formula is C17H13NO4. The van der Waals surface area contributed by atoms with E-state index >= 15 is 0 Å². The van der Waals surface area contributed by atoms with Crippen LogP contribution in [0.5, 0.6) is 5.75 Å². The molecule has 1 aliphatic rings. The van der Waals surface area contributed by atoms with Crippen LogP contribution < -0.4 is 4.74 Å². The zero-order valence-electron chi connectivity index (χ0n) is 11.7. The van der Waals surface area contributed by atoms with Crippen LogP contribution in [0.3, 0.4) is 0 Å². The third-order valence-electron chi connectivity index (χ3n) is 2.90. The number of carbonyl (C=O) groups excluding carboxylic acids is 1. The Labute approximate surface area is 127 Å². The maximum absolute atomic E-state index is 11.8. The van der Waals surface area contributed by atoms with Crippen molar-refractivity contribution in [1.82, 2.24) is 0 Å². The molecule has 0 saturated carbocycles. The molecule has 0 N–H and O–H groups in total. The molecule has 110 valence electrons. The second kappa shape index (κ2) is 6.13. The molecule has 5 nitrogen and oxygen atoms in total. The second-order valence-electron chi connectivity index (χ2n) is 4.48. The minimum atomic E-state index is -0.501. The summed E-state index contributed by atoms with van der Waals surface area (Å²) in [6.45, 7) is 4.04. The summed E-state index contributed by atoms with van der Waals surface area (Å²) in [6, 6.07) is 10.7. The predicted molar refractivity (Wildman–Crippen MR) is 81.4 cm³/mol. The minimum absolute atomic E-state index is 0.173. The van der Waals surface area contributed by atoms with Gasteiger partial charge in [0, 0.05) is 0 Å². The van der Waals surface area contributed by atoms with Crippen molar-refractivity contribution < 1.29 is 18.7 Å². The van der Waals surface area contributed by atoms with Gasteiger partial charge in [0.15, 0.2) is 11.5 Å². The molecule has 0 aliphatic carbocycles. The highest BCUT2D eigenvalue weighted by atomic mass is 16.6. The van der Waals surface area contributed by atoms with Crippen LogP contribution in [0.25, 0.3) is 6.08 Å². The van der Waals surface area contributed by atoms with Gasteiger partial charge in [0.05, 0.1) is 6.26 Å². The van der Waals surface area contributed by atoms with Gasteiger partial charge in [-0.1, -0.05) is 24.8 Å². The molecule has 5 heteroatoms. The summed E-state index contributed by atoms with van der Waals surface area (Å²) in [5, 5.41) is 0. The molecule has 0 fully saturated rings. The summed E-state index contributed by atoms with van der Waals surface area (Å²) in [6.07, 6.45) is 4.82. The van der Waals surface area contributed by atoms with E-state index in [1.165, 1.54) is 6.26 Å². The van der Waals surface area contributed by atoms with Gasteiger partial charge in [-0.3, -0.25) is 0 Å². The SMILES string of the molecule is C=CCOc1ccc(C=C2N=C(c3ccco3)OC2=O)cc1. The lowest BCUT2D eigenvalue weighted by Crippen LogP contribution is -2.04. The molecule has 0 bridgehead atoms. The van der Waals surface area contributed by atoms with Gasteiger partial charge < -0.3 is 13.9 Å². The maximum atomic E-state index is 11.8. The Morgan fingerprint density at radius 2 is 2.05 bits per heavy atom. The van der Waals surface area contributed by atoms with Crippen LogP contribution in [0, 0.1) is 0 Å². The molecule has 0 saturated heterocycles. The van der Waals surface area contributed by atoms with Crippen molar-refractivity contribution in [2.24, 2.45) is 4.99 Å². The molecule has 1 aliphatic heterocycles. The van der Waals surface area contributed by atoms with E-state index in [0.717, 1.165) is 11.3 Å². The fourth-order valence-electron chi connectivity index (χ4n) is 1.89. The van der Waals surface area contributed by atoms with E-state index in [0.29, 0.717) is 12.4 Å². The first-order valence-electron chi connectivity index (χ1n) is 6.66. The number of ether oxygens (including phenoxy) is 2. The Balaban J connectivity index is 1.79. The Hall–Kier alpha value is -3.08. The highest BCUT2D eigenvalue weighted by Gasteiger charge is 2.25. The third kappa shape index (κ3) is 2.98. The maximum Gasteiger partial charge on any atom is 0.363 e. The topological polar surface area (TPSA) is 61.0 Å². The summed E-state index contributed by atoms with van der Waals surface area (Å²) in [7, 11) is 0. The molecule has 1 aromatic heterocycles. The van der Waals surface area contributed by atoms with Crippen LogP contribution in [0.1, 0.15) is 11.3 Å². The molecule has 0 radical (unpaired) electrons. The van der Waals surface area contributed by atoms with E-state index in [-0.39, 0.29) is 11.6 Å². The van der Waals surface area contributed by atoms with Gasteiger partial charge in [-0.15, -0.1) is 0 Å². The predicted octanol–water partition coefficient (Wildman–Crippen LogP) is 3.19. The van der Waals surface area contributed by atoms with Gasteiger partial charge in [-0.25, -0.2) is 9.79 Å². The van der Waals surface area contributed by atoms with Gasteiger partial charge in [-0.2, -0.15) is 0 Å². The molecule has 3 rings (SSSR count). The highest BCUT2D eigenvalue weighted by molar-refractivity contribution is 6.11. The number of hydrogen-bond acceptors (Lipinski definition) is 5. The van der Waals surface area contributed by atoms with Gasteiger partial charge in [-0.05, 0) is 35.9 Å². The number of benzene rings is 1. The van der Waals surface area contributed by atoms with Crippen LogP contribution in [0.15, 0.2) is 70.4 Å². The minimum Gasteiger partial charge on any atom is -0.490 e. The molecule has 1 aromatic carbocycles. The average Bonchev–Trinajstić information content (AvgIpc) is 3.17. The summed E-state index contributed by atoms with van der Waals surface area (Å²) >= 11 is 0. The van der Waals surface area contributed by atoms with Crippen molar-refractivity contribution >= 4 is 17.9 Å². The van der Waals surface area contributed by atoms with Crippen molar-refractivity contribution in [2.45, 2.75) is 0 Å². The van der Waals surface area contributed by atoms with E-state index < -0.39 is 5.97 Å². The lowest BCUT2D eigenvalue weighted by atomic mass is 10.2. The fourth-order valence-corrected chi connectivity index (χ4v) is 1.89. The molecule has 0 unspecified atom stereocenters. The molecule has 0 spiro atoms. The Bertz CT molecular complexity index is 739. The van der Waals surface area contributed by atoms with E-state index in [1.54, 1.807) is 24.3 Å². The standard InChI is InChI=1S/C17H13NO4/c1-2-9-20-13-7-5-12(6-8-13)11-14-17(19)22-16(18-14)15-4-3-10-21-15/h2-8,10-11H,1,9H2. The van der Waals surface area contributed by atoms with Gasteiger partial charge in [0.25, 0.3) is 5.90 Å². The van der Waals surface area contributed by atoms with Crippen molar-refractivity contribution in [3.8, 4) is 5.75 Å². The second-order valence-corrected chi connectivity index (χ2v) is 4.48. The van der Waals surface area contributed by atoms with Crippen LogP contribution in [0.2, 0.25) is 0 Å². The van der Waals surface area contributed by atoms with Crippen molar-refractivity contribution in [3.63, 3.8) is 0 Å². The van der Waals surface area contributed by atoms with Crippen LogP contribution in [-0.2, 0) is 9.53 Å². The largest absolute Gasteiger partial charge is 0.490 e. The number of carbonyl (C=O) groups is 1. The molecule has 2 heterocycles. The first-order valence-corrected chi connectivity index (χ1v) is 6.66. The number of aliphatic imine (C=N–C) groups is 1. The monoisotopic (exact) mass is 295 g/mol. The Morgan fingerprint density at radius 1 is 1.23 bits per heavy atom. The van der Waals surface area contributed by atoms with Gasteiger partial charge in [0.1, 0.15) is 12.4 Å². The number of cyclic esters (lactones) is 1. The normalized spacial score (nSPS) is 15.5. The summed E-state index contributed by atoms with van der Waals surface area (Å²) < 4.78 is 15.6. The van der Waals surface area contributed by atoms with E-state index in [9.17, 15) is 4.79 Å². The first kappa shape index (κ1) is 13.9. The molecule has 22 heavy (non-hydrogen) atoms. The smallest absolute Gasteiger partial charge is 0.363 e. The third-order valence-corrected chi connectivity index (χ3v) is 2.90. The number of nitrogens with zero attached hydrogens (tertiary/aromatic N) is 1. The number of rotatable bonds is 5. The van der Waals surface area contributed by atoms with Gasteiger partial charge >= 0.3 is 5.97 Å². The molecule has 0 atom stereocenters. The van der Waals surface area contributed by atoms with Crippen LogP contribution in [0.4, 0.5) is 0 Å². The first-order chi connectivity index (χ1) is 10.8.